The summed E-state index contributed by atoms with van der Waals surface area (Å²) in [4.78, 5) is 0. The summed E-state index contributed by atoms with van der Waals surface area (Å²) >= 11 is 0. The van der Waals surface area contributed by atoms with E-state index >= 15 is 0 Å². The Morgan fingerprint density at radius 1 is 1.58 bits per heavy atom. The summed E-state index contributed by atoms with van der Waals surface area (Å²) in [5, 5.41) is 3.50. The van der Waals surface area contributed by atoms with E-state index in [-0.39, 0.29) is 0 Å². The molecule has 0 amide bonds. The van der Waals surface area contributed by atoms with Crippen LogP contribution in [-0.2, 0) is 0 Å². The van der Waals surface area contributed by atoms with E-state index in [1.807, 2.05) is 0 Å². The predicted octanol–water partition coefficient (Wildman–Crippen LogP) is 2.93. The van der Waals surface area contributed by atoms with Crippen molar-refractivity contribution in [1.29, 1.82) is 0 Å². The fourth-order valence-corrected chi connectivity index (χ4v) is 1.67. The molecule has 1 nitrogen and oxygen atoms in total. The molecule has 1 saturated carbocycles. The van der Waals surface area contributed by atoms with Crippen molar-refractivity contribution in [3.05, 3.63) is 12.3 Å². The van der Waals surface area contributed by atoms with Gasteiger partial charge in [-0.05, 0) is 31.1 Å². The summed E-state index contributed by atoms with van der Waals surface area (Å²) in [5.74, 6) is 1.55. The SMILES string of the molecule is C=C(NC1CC(C)C1)C(C)CC. The van der Waals surface area contributed by atoms with Crippen LogP contribution in [0.1, 0.15) is 40.0 Å². The topological polar surface area (TPSA) is 12.0 Å². The zero-order valence-corrected chi connectivity index (χ0v) is 8.56. The minimum absolute atomic E-state index is 0.626. The van der Waals surface area contributed by atoms with Gasteiger partial charge in [0.2, 0.25) is 0 Å². The molecule has 1 aliphatic carbocycles. The Labute approximate surface area is 76.2 Å². The molecular formula is C11H21N. The lowest BCUT2D eigenvalue weighted by Gasteiger charge is -2.35. The lowest BCUT2D eigenvalue weighted by atomic mass is 9.81. The molecule has 1 fully saturated rings. The zero-order chi connectivity index (χ0) is 9.14. The summed E-state index contributed by atoms with van der Waals surface area (Å²) in [6, 6.07) is 0.724. The normalized spacial score (nSPS) is 30.6. The average molecular weight is 167 g/mol. The van der Waals surface area contributed by atoms with Crippen LogP contribution in [-0.4, -0.2) is 6.04 Å². The highest BCUT2D eigenvalue weighted by Crippen LogP contribution is 2.27. The predicted molar refractivity (Wildman–Crippen MR) is 53.9 cm³/mol. The molecule has 1 heteroatoms. The van der Waals surface area contributed by atoms with Gasteiger partial charge >= 0.3 is 0 Å². The van der Waals surface area contributed by atoms with Gasteiger partial charge in [-0.1, -0.05) is 27.4 Å². The van der Waals surface area contributed by atoms with Crippen LogP contribution in [0, 0.1) is 11.8 Å². The molecule has 1 atom stereocenters. The van der Waals surface area contributed by atoms with Gasteiger partial charge in [0.05, 0.1) is 0 Å². The molecule has 0 saturated heterocycles. The third-order valence-electron chi connectivity index (χ3n) is 2.97. The first-order valence-electron chi connectivity index (χ1n) is 5.08. The van der Waals surface area contributed by atoms with Crippen molar-refractivity contribution >= 4 is 0 Å². The molecule has 1 aliphatic rings. The Balaban J connectivity index is 2.18. The second kappa shape index (κ2) is 3.97. The standard InChI is InChI=1S/C11H21N/c1-5-9(3)10(4)12-11-6-8(2)7-11/h8-9,11-12H,4-7H2,1-3H3. The van der Waals surface area contributed by atoms with Crippen LogP contribution in [0.5, 0.6) is 0 Å². The molecule has 12 heavy (non-hydrogen) atoms. The summed E-state index contributed by atoms with van der Waals surface area (Å²) in [6.07, 6.45) is 3.85. The average Bonchev–Trinajstić information content (AvgIpc) is 2.00. The molecule has 0 spiro atoms. The Morgan fingerprint density at radius 3 is 2.58 bits per heavy atom. The summed E-state index contributed by atoms with van der Waals surface area (Å²) in [7, 11) is 0. The van der Waals surface area contributed by atoms with Gasteiger partial charge in [0.15, 0.2) is 0 Å². The molecule has 1 unspecified atom stereocenters. The van der Waals surface area contributed by atoms with Gasteiger partial charge < -0.3 is 5.32 Å². The quantitative estimate of drug-likeness (QED) is 0.679. The molecule has 1 rings (SSSR count). The highest BCUT2D eigenvalue weighted by atomic mass is 14.9. The van der Waals surface area contributed by atoms with Gasteiger partial charge in [-0.3, -0.25) is 0 Å². The largest absolute Gasteiger partial charge is 0.386 e. The summed E-state index contributed by atoms with van der Waals surface area (Å²) in [5.41, 5.74) is 1.23. The fourth-order valence-electron chi connectivity index (χ4n) is 1.67. The van der Waals surface area contributed by atoms with Gasteiger partial charge in [0.25, 0.3) is 0 Å². The van der Waals surface area contributed by atoms with Crippen molar-refractivity contribution in [3.8, 4) is 0 Å². The first-order valence-corrected chi connectivity index (χ1v) is 5.08. The molecule has 0 heterocycles. The zero-order valence-electron chi connectivity index (χ0n) is 8.56. The van der Waals surface area contributed by atoms with E-state index in [2.05, 4.69) is 32.7 Å². The van der Waals surface area contributed by atoms with Crippen LogP contribution in [0.4, 0.5) is 0 Å². The Hall–Kier alpha value is -0.460. The van der Waals surface area contributed by atoms with Gasteiger partial charge in [0.1, 0.15) is 0 Å². The van der Waals surface area contributed by atoms with Gasteiger partial charge in [-0.25, -0.2) is 0 Å². The molecule has 1 N–H and O–H groups in total. The van der Waals surface area contributed by atoms with Crippen LogP contribution >= 0.6 is 0 Å². The molecule has 0 aromatic heterocycles. The number of rotatable bonds is 4. The van der Waals surface area contributed by atoms with Crippen molar-refractivity contribution < 1.29 is 0 Å². The Kier molecular flexibility index (Phi) is 3.19. The molecule has 70 valence electrons. The number of nitrogens with one attached hydrogen (secondary N) is 1. The molecule has 0 radical (unpaired) electrons. The maximum Gasteiger partial charge on any atom is 0.0263 e. The van der Waals surface area contributed by atoms with Crippen LogP contribution in [0.25, 0.3) is 0 Å². The smallest absolute Gasteiger partial charge is 0.0263 e. The van der Waals surface area contributed by atoms with Gasteiger partial charge in [-0.15, -0.1) is 0 Å². The molecule has 0 bridgehead atoms. The van der Waals surface area contributed by atoms with Crippen molar-refractivity contribution in [2.24, 2.45) is 11.8 Å². The van der Waals surface area contributed by atoms with Crippen molar-refractivity contribution in [3.63, 3.8) is 0 Å². The van der Waals surface area contributed by atoms with Gasteiger partial charge in [0, 0.05) is 11.7 Å². The molecule has 0 aliphatic heterocycles. The van der Waals surface area contributed by atoms with Crippen LogP contribution in [0.15, 0.2) is 12.3 Å². The first-order chi connectivity index (χ1) is 5.63. The van der Waals surface area contributed by atoms with Crippen molar-refractivity contribution in [1.82, 2.24) is 5.32 Å². The minimum Gasteiger partial charge on any atom is -0.386 e. The highest BCUT2D eigenvalue weighted by Gasteiger charge is 2.25. The molecular weight excluding hydrogens is 146 g/mol. The number of allylic oxidation sites excluding steroid dienone is 1. The van der Waals surface area contributed by atoms with Gasteiger partial charge in [-0.2, -0.15) is 0 Å². The maximum atomic E-state index is 4.06. The molecule has 0 aromatic carbocycles. The van der Waals surface area contributed by atoms with Crippen molar-refractivity contribution in [2.75, 3.05) is 0 Å². The lowest BCUT2D eigenvalue weighted by molar-refractivity contribution is 0.250. The van der Waals surface area contributed by atoms with E-state index in [9.17, 15) is 0 Å². The third-order valence-corrected chi connectivity index (χ3v) is 2.97. The second-order valence-corrected chi connectivity index (χ2v) is 4.25. The van der Waals surface area contributed by atoms with E-state index in [4.69, 9.17) is 0 Å². The monoisotopic (exact) mass is 167 g/mol. The van der Waals surface area contributed by atoms with Crippen LogP contribution in [0.3, 0.4) is 0 Å². The fraction of sp³-hybridized carbons (Fsp3) is 0.818. The lowest BCUT2D eigenvalue weighted by Crippen LogP contribution is -2.40. The summed E-state index contributed by atoms with van der Waals surface area (Å²) < 4.78 is 0. The highest BCUT2D eigenvalue weighted by molar-refractivity contribution is 5.00. The Bertz CT molecular complexity index is 156. The third kappa shape index (κ3) is 2.26. The Morgan fingerprint density at radius 2 is 2.17 bits per heavy atom. The maximum absolute atomic E-state index is 4.06. The number of hydrogen-bond acceptors (Lipinski definition) is 1. The van der Waals surface area contributed by atoms with E-state index in [0.717, 1.165) is 12.0 Å². The van der Waals surface area contributed by atoms with Crippen molar-refractivity contribution in [2.45, 2.75) is 46.1 Å². The summed E-state index contributed by atoms with van der Waals surface area (Å²) in [6.45, 7) is 10.8. The minimum atomic E-state index is 0.626. The number of hydrogen-bond donors (Lipinski definition) is 1. The van der Waals surface area contributed by atoms with E-state index in [0.29, 0.717) is 5.92 Å². The van der Waals surface area contributed by atoms with E-state index in [1.54, 1.807) is 0 Å². The molecule has 0 aromatic rings. The van der Waals surface area contributed by atoms with Crippen LogP contribution < -0.4 is 5.32 Å². The second-order valence-electron chi connectivity index (χ2n) is 4.25. The first kappa shape index (κ1) is 9.63. The van der Waals surface area contributed by atoms with E-state index < -0.39 is 0 Å². The van der Waals surface area contributed by atoms with Crippen LogP contribution in [0.2, 0.25) is 0 Å². The van der Waals surface area contributed by atoms with E-state index in [1.165, 1.54) is 25.0 Å².